The Kier molecular flexibility index (Phi) is 7.20. The summed E-state index contributed by atoms with van der Waals surface area (Å²) in [6.07, 6.45) is 2.42. The topological polar surface area (TPSA) is 97.8 Å². The van der Waals surface area contributed by atoms with Crippen LogP contribution in [0.25, 0.3) is 11.0 Å². The quantitative estimate of drug-likeness (QED) is 0.336. The summed E-state index contributed by atoms with van der Waals surface area (Å²) in [6, 6.07) is 11.2. The van der Waals surface area contributed by atoms with Crippen LogP contribution in [0.3, 0.4) is 0 Å². The first-order valence-corrected chi connectivity index (χ1v) is 10.2. The summed E-state index contributed by atoms with van der Waals surface area (Å²) >= 11 is 1.42. The number of hydrogen-bond acceptors (Lipinski definition) is 9. The van der Waals surface area contributed by atoms with Gasteiger partial charge < -0.3 is 29.4 Å². The molecule has 0 aliphatic carbocycles. The van der Waals surface area contributed by atoms with Crippen molar-refractivity contribution in [2.75, 3.05) is 43.7 Å². The minimum absolute atomic E-state index is 0.0408. The van der Waals surface area contributed by atoms with Crippen molar-refractivity contribution in [3.8, 4) is 17.2 Å². The number of hydrogen-bond donors (Lipinski definition) is 3. The van der Waals surface area contributed by atoms with Crippen LogP contribution in [0, 0.1) is 0 Å². The molecule has 1 aromatic heterocycles. The van der Waals surface area contributed by atoms with E-state index >= 15 is 0 Å². The predicted molar refractivity (Wildman–Crippen MR) is 117 cm³/mol. The minimum atomic E-state index is 0.0408. The lowest BCUT2D eigenvalue weighted by Gasteiger charge is -2.18. The van der Waals surface area contributed by atoms with E-state index in [-0.39, 0.29) is 6.61 Å². The number of fused-ring (bicyclic) bond motifs is 1. The molecule has 0 spiro atoms. The van der Waals surface area contributed by atoms with Crippen molar-refractivity contribution in [2.24, 2.45) is 0 Å². The van der Waals surface area contributed by atoms with Gasteiger partial charge in [-0.15, -0.1) is 0 Å². The molecule has 154 valence electrons. The van der Waals surface area contributed by atoms with Crippen LogP contribution in [0.2, 0.25) is 0 Å². The van der Waals surface area contributed by atoms with Crippen molar-refractivity contribution in [1.29, 1.82) is 0 Å². The van der Waals surface area contributed by atoms with Crippen LogP contribution in [0.1, 0.15) is 6.42 Å². The monoisotopic (exact) mass is 416 g/mol. The molecule has 0 amide bonds. The van der Waals surface area contributed by atoms with Crippen molar-refractivity contribution in [1.82, 2.24) is 9.97 Å². The average Bonchev–Trinajstić information content (AvgIpc) is 2.75. The number of methoxy groups -OCH3 is 2. The van der Waals surface area contributed by atoms with E-state index in [0.717, 1.165) is 11.0 Å². The molecule has 0 saturated heterocycles. The Balaban J connectivity index is 2.06. The third-order valence-corrected chi connectivity index (χ3v) is 4.45. The Morgan fingerprint density at radius 3 is 2.38 bits per heavy atom. The molecule has 0 fully saturated rings. The maximum atomic E-state index is 9.08. The molecule has 3 N–H and O–H groups in total. The Bertz CT molecular complexity index is 971. The van der Waals surface area contributed by atoms with Gasteiger partial charge in [-0.2, -0.15) is 0 Å². The van der Waals surface area contributed by atoms with Crippen LogP contribution in [-0.2, 0) is 0 Å². The fourth-order valence-electron chi connectivity index (χ4n) is 2.71. The van der Waals surface area contributed by atoms with E-state index in [1.54, 1.807) is 26.4 Å². The van der Waals surface area contributed by atoms with E-state index in [0.29, 0.717) is 47.6 Å². The molecule has 3 aromatic rings. The lowest BCUT2D eigenvalue weighted by Crippen LogP contribution is -2.07. The molecule has 0 saturated carbocycles. The zero-order valence-corrected chi connectivity index (χ0v) is 17.4. The van der Waals surface area contributed by atoms with Crippen molar-refractivity contribution < 1.29 is 19.3 Å². The van der Waals surface area contributed by atoms with Crippen molar-refractivity contribution in [2.45, 2.75) is 6.42 Å². The number of anilines is 3. The summed E-state index contributed by atoms with van der Waals surface area (Å²) in [5, 5.41) is 12.4. The van der Waals surface area contributed by atoms with Crippen LogP contribution < -0.4 is 24.2 Å². The summed E-state index contributed by atoms with van der Waals surface area (Å²) in [6.45, 7) is 0.381. The van der Waals surface area contributed by atoms with E-state index < -0.39 is 0 Å². The molecular formula is C20H24N4O4S. The number of rotatable bonds is 10. The molecule has 1 heterocycles. The van der Waals surface area contributed by atoms with Gasteiger partial charge in [-0.25, -0.2) is 9.97 Å². The van der Waals surface area contributed by atoms with E-state index in [1.807, 2.05) is 30.5 Å². The van der Waals surface area contributed by atoms with E-state index in [1.165, 1.54) is 11.9 Å². The molecule has 0 atom stereocenters. The Hall–Kier alpha value is -2.91. The molecule has 29 heavy (non-hydrogen) atoms. The van der Waals surface area contributed by atoms with Crippen molar-refractivity contribution in [3.05, 3.63) is 36.4 Å². The molecular weight excluding hydrogens is 392 g/mol. The number of aliphatic hydroxyl groups excluding tert-OH is 1. The molecule has 9 heteroatoms. The van der Waals surface area contributed by atoms with Crippen LogP contribution >= 0.6 is 11.9 Å². The van der Waals surface area contributed by atoms with Crippen LogP contribution in [0.15, 0.2) is 36.4 Å². The zero-order chi connectivity index (χ0) is 20.6. The second-order valence-corrected chi connectivity index (χ2v) is 6.59. The van der Waals surface area contributed by atoms with Crippen LogP contribution in [0.5, 0.6) is 17.2 Å². The Labute approximate surface area is 173 Å². The standard InChI is InChI=1S/C20H24N4O4S/c1-26-13-11-16(18(17(12-13)27-2)28-10-6-9-25)23-19-20(24-29-3)22-15-8-5-4-7-14(15)21-19/h4-5,7-8,11-12,25H,6,9-10H2,1-3H3,(H,21,23)(H,22,24). The van der Waals surface area contributed by atoms with Gasteiger partial charge in [0.2, 0.25) is 0 Å². The number of aromatic nitrogens is 2. The summed E-state index contributed by atoms with van der Waals surface area (Å²) in [5.41, 5.74) is 2.17. The largest absolute Gasteiger partial charge is 0.497 e. The van der Waals surface area contributed by atoms with Crippen LogP contribution in [-0.4, -0.2) is 48.8 Å². The van der Waals surface area contributed by atoms with E-state index in [2.05, 4.69) is 15.0 Å². The Morgan fingerprint density at radius 1 is 1.03 bits per heavy atom. The first-order chi connectivity index (χ1) is 14.2. The fourth-order valence-corrected chi connectivity index (χ4v) is 3.05. The number of benzene rings is 2. The fraction of sp³-hybridized carbons (Fsp3) is 0.300. The molecule has 0 aliphatic rings. The van der Waals surface area contributed by atoms with Gasteiger partial charge >= 0.3 is 0 Å². The first-order valence-electron chi connectivity index (χ1n) is 9.02. The molecule has 8 nitrogen and oxygen atoms in total. The van der Waals surface area contributed by atoms with Gasteiger partial charge in [-0.05, 0) is 12.1 Å². The Morgan fingerprint density at radius 2 is 1.76 bits per heavy atom. The number of para-hydroxylation sites is 2. The summed E-state index contributed by atoms with van der Waals surface area (Å²) in [5.74, 6) is 2.76. The van der Waals surface area contributed by atoms with Gasteiger partial charge in [-0.1, -0.05) is 24.1 Å². The molecule has 0 aliphatic heterocycles. The molecule has 3 rings (SSSR count). The van der Waals surface area contributed by atoms with Gasteiger partial charge in [0.05, 0.1) is 37.5 Å². The lowest BCUT2D eigenvalue weighted by atomic mass is 10.2. The SMILES string of the molecule is COc1cc(Nc2nc3ccccc3nc2NSC)c(OCCCO)c(OC)c1. The second kappa shape index (κ2) is 10.0. The average molecular weight is 417 g/mol. The number of ether oxygens (including phenoxy) is 3. The highest BCUT2D eigenvalue weighted by atomic mass is 32.2. The molecule has 0 bridgehead atoms. The zero-order valence-electron chi connectivity index (χ0n) is 16.6. The van der Waals surface area contributed by atoms with E-state index in [4.69, 9.17) is 24.3 Å². The highest BCUT2D eigenvalue weighted by molar-refractivity contribution is 7.99. The number of aliphatic hydroxyl groups is 1. The van der Waals surface area contributed by atoms with Crippen molar-refractivity contribution in [3.63, 3.8) is 0 Å². The normalized spacial score (nSPS) is 10.6. The van der Waals surface area contributed by atoms with Gasteiger partial charge in [0.15, 0.2) is 23.1 Å². The molecule has 0 unspecified atom stereocenters. The van der Waals surface area contributed by atoms with Crippen molar-refractivity contribution >= 4 is 40.3 Å². The summed E-state index contributed by atoms with van der Waals surface area (Å²) in [7, 11) is 3.15. The van der Waals surface area contributed by atoms with Gasteiger partial charge in [0.1, 0.15) is 5.75 Å². The molecule has 2 aromatic carbocycles. The molecule has 0 radical (unpaired) electrons. The highest BCUT2D eigenvalue weighted by Gasteiger charge is 2.17. The first kappa shape index (κ1) is 20.8. The van der Waals surface area contributed by atoms with Gasteiger partial charge in [0.25, 0.3) is 0 Å². The predicted octanol–water partition coefficient (Wildman–Crippen LogP) is 3.84. The minimum Gasteiger partial charge on any atom is -0.497 e. The second-order valence-electron chi connectivity index (χ2n) is 5.97. The van der Waals surface area contributed by atoms with Gasteiger partial charge in [-0.3, -0.25) is 0 Å². The third-order valence-electron chi connectivity index (χ3n) is 4.06. The maximum absolute atomic E-state index is 9.08. The number of nitrogens with one attached hydrogen (secondary N) is 2. The lowest BCUT2D eigenvalue weighted by molar-refractivity contribution is 0.228. The smallest absolute Gasteiger partial charge is 0.184 e. The summed E-state index contributed by atoms with van der Waals surface area (Å²) in [4.78, 5) is 9.37. The summed E-state index contributed by atoms with van der Waals surface area (Å²) < 4.78 is 19.9. The van der Waals surface area contributed by atoms with Crippen LogP contribution in [0.4, 0.5) is 17.3 Å². The maximum Gasteiger partial charge on any atom is 0.184 e. The van der Waals surface area contributed by atoms with Gasteiger partial charge in [0, 0.05) is 31.4 Å². The third kappa shape index (κ3) is 4.93. The van der Waals surface area contributed by atoms with E-state index in [9.17, 15) is 0 Å². The number of nitrogens with zero attached hydrogens (tertiary/aromatic N) is 2. The highest BCUT2D eigenvalue weighted by Crippen LogP contribution is 2.41.